The summed E-state index contributed by atoms with van der Waals surface area (Å²) in [5.74, 6) is 0. The highest BCUT2D eigenvalue weighted by Crippen LogP contribution is 2.05. The summed E-state index contributed by atoms with van der Waals surface area (Å²) in [5.41, 5.74) is 0. The predicted octanol–water partition coefficient (Wildman–Crippen LogP) is 3.67. The summed E-state index contributed by atoms with van der Waals surface area (Å²) in [4.78, 5) is 0. The Labute approximate surface area is 59.5 Å². The first kappa shape index (κ1) is 9.10. The minimum atomic E-state index is 0.815. The summed E-state index contributed by atoms with van der Waals surface area (Å²) in [5, 5.41) is 6.86. The number of unbranched alkanes of at least 4 members (excludes halogenated alkanes) is 4. The Balaban J connectivity index is 2.66. The molecule has 54 valence electrons. The minimum Gasteiger partial charge on any atom is -0.284 e. The van der Waals surface area contributed by atoms with Crippen molar-refractivity contribution in [3.8, 4) is 0 Å². The Kier molecular flexibility index (Phi) is 8.19. The molecule has 0 amide bonds. The fourth-order valence-corrected chi connectivity index (χ4v) is 1.18. The van der Waals surface area contributed by atoms with Gasteiger partial charge in [-0.3, -0.25) is 5.16 Å². The second kappa shape index (κ2) is 8.10. The molecule has 0 fully saturated rings. The van der Waals surface area contributed by atoms with E-state index in [1.165, 1.54) is 32.1 Å². The lowest BCUT2D eigenvalue weighted by Crippen LogP contribution is -1.76. The molecular formula is C7H16NP. The first-order chi connectivity index (χ1) is 4.41. The topological polar surface area (TPSA) is 23.9 Å². The average Bonchev–Trinajstić information content (AvgIpc) is 1.89. The molecule has 0 aromatic carbocycles. The molecule has 0 aromatic rings. The van der Waals surface area contributed by atoms with E-state index in [1.807, 2.05) is 0 Å². The van der Waals surface area contributed by atoms with Gasteiger partial charge in [0.2, 0.25) is 0 Å². The van der Waals surface area contributed by atoms with Crippen LogP contribution in [0.3, 0.4) is 0 Å². The molecule has 9 heavy (non-hydrogen) atoms. The predicted molar refractivity (Wildman–Crippen MR) is 43.3 cm³/mol. The van der Waals surface area contributed by atoms with E-state index in [1.54, 1.807) is 0 Å². The third kappa shape index (κ3) is 8.10. The third-order valence-corrected chi connectivity index (χ3v) is 1.91. The molecular weight excluding hydrogens is 129 g/mol. The van der Waals surface area contributed by atoms with Crippen molar-refractivity contribution in [1.29, 1.82) is 5.16 Å². The van der Waals surface area contributed by atoms with Gasteiger partial charge in [-0.25, -0.2) is 0 Å². The molecule has 0 spiro atoms. The van der Waals surface area contributed by atoms with Crippen molar-refractivity contribution in [2.75, 3.05) is 6.16 Å². The molecule has 0 aliphatic carbocycles. The molecule has 0 aliphatic rings. The van der Waals surface area contributed by atoms with Crippen molar-refractivity contribution in [3.05, 3.63) is 0 Å². The zero-order chi connectivity index (χ0) is 6.95. The van der Waals surface area contributed by atoms with Gasteiger partial charge in [-0.05, 0) is 14.8 Å². The van der Waals surface area contributed by atoms with E-state index in [2.05, 4.69) is 6.92 Å². The highest BCUT2D eigenvalue weighted by molar-refractivity contribution is 7.25. The van der Waals surface area contributed by atoms with Crippen molar-refractivity contribution < 1.29 is 0 Å². The molecule has 1 N–H and O–H groups in total. The third-order valence-electron chi connectivity index (χ3n) is 1.37. The maximum absolute atomic E-state index is 6.86. The molecule has 0 bridgehead atoms. The minimum absolute atomic E-state index is 0.815. The first-order valence-corrected chi connectivity index (χ1v) is 4.83. The van der Waals surface area contributed by atoms with Gasteiger partial charge in [-0.1, -0.05) is 32.6 Å². The number of hydrogen-bond donors (Lipinski definition) is 1. The fraction of sp³-hybridized carbons (Fsp3) is 1.00. The van der Waals surface area contributed by atoms with Gasteiger partial charge in [0.15, 0.2) is 0 Å². The van der Waals surface area contributed by atoms with Crippen LogP contribution in [0.2, 0.25) is 0 Å². The van der Waals surface area contributed by atoms with Crippen LogP contribution in [-0.2, 0) is 0 Å². The van der Waals surface area contributed by atoms with Gasteiger partial charge in [0.25, 0.3) is 0 Å². The number of hydrogen-bond acceptors (Lipinski definition) is 1. The molecule has 0 rings (SSSR count). The fourth-order valence-electron chi connectivity index (χ4n) is 0.794. The van der Waals surface area contributed by atoms with Crippen LogP contribution in [0.15, 0.2) is 0 Å². The lowest BCUT2D eigenvalue weighted by molar-refractivity contribution is 0.659. The molecule has 0 aliphatic heterocycles. The Morgan fingerprint density at radius 2 is 1.78 bits per heavy atom. The summed E-state index contributed by atoms with van der Waals surface area (Å²) in [6, 6.07) is 0. The molecule has 0 saturated heterocycles. The second-order valence-corrected chi connectivity index (χ2v) is 3.06. The average molecular weight is 145 g/mol. The van der Waals surface area contributed by atoms with Crippen LogP contribution < -0.4 is 0 Å². The van der Waals surface area contributed by atoms with Gasteiger partial charge in [0.1, 0.15) is 0 Å². The summed E-state index contributed by atoms with van der Waals surface area (Å²) in [6.07, 6.45) is 7.72. The van der Waals surface area contributed by atoms with E-state index < -0.39 is 0 Å². The molecule has 1 nitrogen and oxygen atoms in total. The van der Waals surface area contributed by atoms with E-state index in [-0.39, 0.29) is 0 Å². The summed E-state index contributed by atoms with van der Waals surface area (Å²) < 4.78 is 0. The van der Waals surface area contributed by atoms with Crippen LogP contribution in [0.25, 0.3) is 0 Å². The van der Waals surface area contributed by atoms with Crippen LogP contribution in [-0.4, -0.2) is 6.16 Å². The van der Waals surface area contributed by atoms with E-state index in [0.29, 0.717) is 0 Å². The summed E-state index contributed by atoms with van der Waals surface area (Å²) in [7, 11) is 0.815. The van der Waals surface area contributed by atoms with Crippen molar-refractivity contribution in [1.82, 2.24) is 0 Å². The van der Waals surface area contributed by atoms with Gasteiger partial charge in [-0.2, -0.15) is 0 Å². The second-order valence-electron chi connectivity index (χ2n) is 2.30. The van der Waals surface area contributed by atoms with Gasteiger partial charge < -0.3 is 0 Å². The normalized spacial score (nSPS) is 10.3. The largest absolute Gasteiger partial charge is 0.284 e. The van der Waals surface area contributed by atoms with Crippen LogP contribution in [0.4, 0.5) is 0 Å². The maximum atomic E-state index is 6.86. The van der Waals surface area contributed by atoms with Gasteiger partial charge in [0, 0.05) is 6.16 Å². The quantitative estimate of drug-likeness (QED) is 0.435. The van der Waals surface area contributed by atoms with Gasteiger partial charge in [-0.15, -0.1) is 0 Å². The maximum Gasteiger partial charge on any atom is 0.00661 e. The summed E-state index contributed by atoms with van der Waals surface area (Å²) >= 11 is 0. The Morgan fingerprint density at radius 1 is 1.11 bits per heavy atom. The molecule has 0 aromatic heterocycles. The standard InChI is InChI=1S/C7H16NP/c1-2-3-4-5-6-7-9-8/h8H,2-7H2,1H3. The van der Waals surface area contributed by atoms with E-state index >= 15 is 0 Å². The van der Waals surface area contributed by atoms with E-state index in [4.69, 9.17) is 5.16 Å². The van der Waals surface area contributed by atoms with Crippen LogP contribution in [0.1, 0.15) is 39.0 Å². The van der Waals surface area contributed by atoms with Crippen molar-refractivity contribution in [2.24, 2.45) is 0 Å². The van der Waals surface area contributed by atoms with Crippen molar-refractivity contribution >= 4 is 8.37 Å². The molecule has 0 saturated carbocycles. The zero-order valence-corrected chi connectivity index (χ0v) is 7.08. The van der Waals surface area contributed by atoms with Crippen LogP contribution in [0.5, 0.6) is 0 Å². The smallest absolute Gasteiger partial charge is 0.00661 e. The highest BCUT2D eigenvalue weighted by atomic mass is 31.1. The molecule has 0 unspecified atom stereocenters. The monoisotopic (exact) mass is 145 g/mol. The van der Waals surface area contributed by atoms with Crippen LogP contribution in [0, 0.1) is 5.16 Å². The van der Waals surface area contributed by atoms with E-state index in [0.717, 1.165) is 14.5 Å². The first-order valence-electron chi connectivity index (χ1n) is 3.75. The van der Waals surface area contributed by atoms with Gasteiger partial charge in [0.05, 0.1) is 0 Å². The zero-order valence-electron chi connectivity index (χ0n) is 6.19. The Bertz CT molecular complexity index is 63.9. The molecule has 0 heterocycles. The lowest BCUT2D eigenvalue weighted by atomic mass is 10.2. The molecule has 0 atom stereocenters. The van der Waals surface area contributed by atoms with Gasteiger partial charge >= 0.3 is 0 Å². The number of rotatable bonds is 6. The Morgan fingerprint density at radius 3 is 2.33 bits per heavy atom. The SMILES string of the molecule is CCCCCCCP=N. The van der Waals surface area contributed by atoms with Crippen LogP contribution >= 0.6 is 8.37 Å². The lowest BCUT2D eigenvalue weighted by Gasteiger charge is -1.93. The highest BCUT2D eigenvalue weighted by Gasteiger charge is 1.85. The Hall–Kier alpha value is 0.100. The number of nitrogens with one attached hydrogen (secondary N) is 1. The van der Waals surface area contributed by atoms with Crippen molar-refractivity contribution in [3.63, 3.8) is 0 Å². The van der Waals surface area contributed by atoms with E-state index in [9.17, 15) is 0 Å². The van der Waals surface area contributed by atoms with Crippen molar-refractivity contribution in [2.45, 2.75) is 39.0 Å². The molecule has 0 radical (unpaired) electrons. The summed E-state index contributed by atoms with van der Waals surface area (Å²) in [6.45, 7) is 2.22. The molecule has 2 heteroatoms.